The second-order valence-corrected chi connectivity index (χ2v) is 6.24. The minimum atomic E-state index is -0.0715. The molecule has 0 bridgehead atoms. The smallest absolute Gasteiger partial charge is 0.289 e. The number of ether oxygens (including phenoxy) is 1. The molecule has 0 atom stereocenters. The van der Waals surface area contributed by atoms with Crippen LogP contribution in [0.1, 0.15) is 22.3 Å². The fourth-order valence-corrected chi connectivity index (χ4v) is 2.93. The second kappa shape index (κ2) is 8.05. The summed E-state index contributed by atoms with van der Waals surface area (Å²) < 4.78 is 16.4. The molecule has 3 aromatic rings. The molecule has 4 rings (SSSR count). The highest BCUT2D eigenvalue weighted by atomic mass is 16.5. The zero-order valence-corrected chi connectivity index (χ0v) is 14.8. The maximum Gasteiger partial charge on any atom is 0.289 e. The molecule has 8 nitrogen and oxygen atoms in total. The van der Waals surface area contributed by atoms with Crippen molar-refractivity contribution in [1.29, 1.82) is 0 Å². The van der Waals surface area contributed by atoms with E-state index in [1.807, 2.05) is 30.3 Å². The van der Waals surface area contributed by atoms with E-state index in [0.29, 0.717) is 37.2 Å². The number of carbonyl (C=O) groups excluding carboxylic acids is 1. The first-order valence-corrected chi connectivity index (χ1v) is 8.82. The molecule has 0 unspecified atom stereocenters. The van der Waals surface area contributed by atoms with Crippen LogP contribution in [0.5, 0.6) is 5.75 Å². The van der Waals surface area contributed by atoms with Gasteiger partial charge in [-0.05, 0) is 24.3 Å². The van der Waals surface area contributed by atoms with Crippen LogP contribution in [0.4, 0.5) is 0 Å². The Balaban J connectivity index is 1.25. The van der Waals surface area contributed by atoms with Gasteiger partial charge in [0.25, 0.3) is 11.8 Å². The normalized spacial score (nSPS) is 15.0. The number of piperazine rings is 1. The van der Waals surface area contributed by atoms with Gasteiger partial charge in [0.15, 0.2) is 12.4 Å². The van der Waals surface area contributed by atoms with E-state index in [4.69, 9.17) is 13.6 Å². The number of amides is 1. The van der Waals surface area contributed by atoms with Crippen molar-refractivity contribution < 1.29 is 18.4 Å². The van der Waals surface area contributed by atoms with Crippen LogP contribution < -0.4 is 4.74 Å². The predicted octanol–water partition coefficient (Wildman–Crippen LogP) is 2.20. The van der Waals surface area contributed by atoms with E-state index < -0.39 is 0 Å². The zero-order chi connectivity index (χ0) is 18.5. The van der Waals surface area contributed by atoms with Crippen molar-refractivity contribution in [3.05, 3.63) is 66.3 Å². The molecule has 2 aromatic heterocycles. The summed E-state index contributed by atoms with van der Waals surface area (Å²) in [6.45, 7) is 3.55. The van der Waals surface area contributed by atoms with E-state index in [0.717, 1.165) is 18.8 Å². The van der Waals surface area contributed by atoms with Crippen LogP contribution in [0.15, 0.2) is 57.6 Å². The van der Waals surface area contributed by atoms with E-state index in [-0.39, 0.29) is 12.5 Å². The van der Waals surface area contributed by atoms with Gasteiger partial charge in [-0.15, -0.1) is 10.2 Å². The highest BCUT2D eigenvalue weighted by Gasteiger charge is 2.24. The number of para-hydroxylation sites is 1. The average molecular weight is 368 g/mol. The fourth-order valence-electron chi connectivity index (χ4n) is 2.93. The molecule has 1 fully saturated rings. The van der Waals surface area contributed by atoms with E-state index in [2.05, 4.69) is 15.1 Å². The molecule has 3 heterocycles. The van der Waals surface area contributed by atoms with Gasteiger partial charge in [-0.2, -0.15) is 0 Å². The van der Waals surface area contributed by atoms with Gasteiger partial charge >= 0.3 is 0 Å². The molecule has 140 valence electrons. The molecule has 0 saturated carbocycles. The fraction of sp³-hybridized carbons (Fsp3) is 0.316. The van der Waals surface area contributed by atoms with Crippen molar-refractivity contribution in [2.75, 3.05) is 26.2 Å². The molecule has 1 saturated heterocycles. The molecule has 0 aliphatic carbocycles. The SMILES string of the molecule is O=C(c1ccco1)N1CCN(Cc2nnc(COc3ccccc3)o2)CC1. The molecule has 1 aliphatic heterocycles. The highest BCUT2D eigenvalue weighted by Crippen LogP contribution is 2.13. The van der Waals surface area contributed by atoms with Crippen LogP contribution in [0, 0.1) is 0 Å². The number of aromatic nitrogens is 2. The summed E-state index contributed by atoms with van der Waals surface area (Å²) in [7, 11) is 0. The van der Waals surface area contributed by atoms with Crippen LogP contribution in [0.25, 0.3) is 0 Å². The summed E-state index contributed by atoms with van der Waals surface area (Å²) in [6.07, 6.45) is 1.51. The molecular formula is C19H20N4O4. The van der Waals surface area contributed by atoms with Gasteiger partial charge in [0, 0.05) is 26.2 Å². The van der Waals surface area contributed by atoms with Gasteiger partial charge in [0.2, 0.25) is 5.89 Å². The number of rotatable bonds is 6. The number of hydrogen-bond acceptors (Lipinski definition) is 7. The number of furan rings is 1. The van der Waals surface area contributed by atoms with Crippen molar-refractivity contribution in [2.45, 2.75) is 13.2 Å². The standard InChI is InChI=1S/C19H20N4O4/c24-19(16-7-4-12-25-16)23-10-8-22(9-11-23)13-17-20-21-18(27-17)14-26-15-5-2-1-3-6-15/h1-7,12H,8-11,13-14H2. The lowest BCUT2D eigenvalue weighted by molar-refractivity contribution is 0.0586. The topological polar surface area (TPSA) is 84.8 Å². The Hall–Kier alpha value is -3.13. The van der Waals surface area contributed by atoms with Gasteiger partial charge in [0.05, 0.1) is 12.8 Å². The molecule has 0 radical (unpaired) electrons. The molecule has 8 heteroatoms. The first-order valence-electron chi connectivity index (χ1n) is 8.82. The summed E-state index contributed by atoms with van der Waals surface area (Å²) in [6, 6.07) is 12.9. The van der Waals surface area contributed by atoms with E-state index in [9.17, 15) is 4.79 Å². The molecule has 1 amide bonds. The van der Waals surface area contributed by atoms with Crippen LogP contribution >= 0.6 is 0 Å². The van der Waals surface area contributed by atoms with Crippen LogP contribution in [0.2, 0.25) is 0 Å². The predicted molar refractivity (Wildman–Crippen MR) is 95.0 cm³/mol. The second-order valence-electron chi connectivity index (χ2n) is 6.24. The zero-order valence-electron chi connectivity index (χ0n) is 14.8. The minimum Gasteiger partial charge on any atom is -0.484 e. The number of benzene rings is 1. The third-order valence-electron chi connectivity index (χ3n) is 4.36. The Morgan fingerprint density at radius 1 is 1.00 bits per heavy atom. The Bertz CT molecular complexity index is 855. The van der Waals surface area contributed by atoms with Crippen molar-refractivity contribution in [2.24, 2.45) is 0 Å². The summed E-state index contributed by atoms with van der Waals surface area (Å²) >= 11 is 0. The summed E-state index contributed by atoms with van der Waals surface area (Å²) in [5.74, 6) is 2.06. The Kier molecular flexibility index (Phi) is 5.15. The molecule has 1 aromatic carbocycles. The molecule has 1 aliphatic rings. The van der Waals surface area contributed by atoms with E-state index in [1.54, 1.807) is 17.0 Å². The van der Waals surface area contributed by atoms with E-state index >= 15 is 0 Å². The Morgan fingerprint density at radius 3 is 2.52 bits per heavy atom. The summed E-state index contributed by atoms with van der Waals surface area (Å²) in [5, 5.41) is 8.11. The number of carbonyl (C=O) groups is 1. The third kappa shape index (κ3) is 4.35. The molecule has 0 N–H and O–H groups in total. The van der Waals surface area contributed by atoms with Gasteiger partial charge < -0.3 is 18.5 Å². The first kappa shape index (κ1) is 17.3. The largest absolute Gasteiger partial charge is 0.484 e. The first-order chi connectivity index (χ1) is 13.3. The third-order valence-corrected chi connectivity index (χ3v) is 4.36. The summed E-state index contributed by atoms with van der Waals surface area (Å²) in [4.78, 5) is 16.3. The lowest BCUT2D eigenvalue weighted by Gasteiger charge is -2.33. The minimum absolute atomic E-state index is 0.0715. The lowest BCUT2D eigenvalue weighted by atomic mass is 10.3. The van der Waals surface area contributed by atoms with Crippen LogP contribution in [-0.2, 0) is 13.2 Å². The van der Waals surface area contributed by atoms with Gasteiger partial charge in [0.1, 0.15) is 5.75 Å². The Morgan fingerprint density at radius 2 is 1.78 bits per heavy atom. The Labute approximate surface area is 156 Å². The van der Waals surface area contributed by atoms with Gasteiger partial charge in [-0.25, -0.2) is 0 Å². The van der Waals surface area contributed by atoms with Crippen LogP contribution in [-0.4, -0.2) is 52.1 Å². The van der Waals surface area contributed by atoms with E-state index in [1.165, 1.54) is 6.26 Å². The van der Waals surface area contributed by atoms with Gasteiger partial charge in [-0.1, -0.05) is 18.2 Å². The lowest BCUT2D eigenvalue weighted by Crippen LogP contribution is -2.48. The van der Waals surface area contributed by atoms with Crippen LogP contribution in [0.3, 0.4) is 0 Å². The van der Waals surface area contributed by atoms with Crippen molar-refractivity contribution in [3.63, 3.8) is 0 Å². The van der Waals surface area contributed by atoms with Gasteiger partial charge in [-0.3, -0.25) is 9.69 Å². The molecule has 0 spiro atoms. The maximum absolute atomic E-state index is 12.3. The maximum atomic E-state index is 12.3. The van der Waals surface area contributed by atoms with Crippen molar-refractivity contribution >= 4 is 5.91 Å². The molecular weight excluding hydrogens is 348 g/mol. The number of nitrogens with zero attached hydrogens (tertiary/aromatic N) is 4. The van der Waals surface area contributed by atoms with Crippen molar-refractivity contribution in [1.82, 2.24) is 20.0 Å². The monoisotopic (exact) mass is 368 g/mol. The molecule has 27 heavy (non-hydrogen) atoms. The van der Waals surface area contributed by atoms with Crippen molar-refractivity contribution in [3.8, 4) is 5.75 Å². The highest BCUT2D eigenvalue weighted by molar-refractivity contribution is 5.91. The summed E-state index contributed by atoms with van der Waals surface area (Å²) in [5.41, 5.74) is 0. The average Bonchev–Trinajstić information content (AvgIpc) is 3.40. The quantitative estimate of drug-likeness (QED) is 0.659. The number of hydrogen-bond donors (Lipinski definition) is 0.